The van der Waals surface area contributed by atoms with Crippen LogP contribution in [0.1, 0.15) is 38.3 Å². The molecule has 32 heavy (non-hydrogen) atoms. The van der Waals surface area contributed by atoms with E-state index in [-0.39, 0.29) is 53.4 Å². The summed E-state index contributed by atoms with van der Waals surface area (Å²) in [5.41, 5.74) is 3.29. The van der Waals surface area contributed by atoms with Crippen LogP contribution in [0.25, 0.3) is 0 Å². The van der Waals surface area contributed by atoms with Crippen molar-refractivity contribution >= 4 is 29.3 Å². The molecule has 6 heteroatoms. The van der Waals surface area contributed by atoms with Gasteiger partial charge in [-0.3, -0.25) is 19.3 Å². The van der Waals surface area contributed by atoms with Crippen LogP contribution in [0.4, 0.5) is 5.69 Å². The maximum absolute atomic E-state index is 12.9. The predicted molar refractivity (Wildman–Crippen MR) is 117 cm³/mol. The lowest BCUT2D eigenvalue weighted by Gasteiger charge is -2.17. The fourth-order valence-electron chi connectivity index (χ4n) is 5.12. The van der Waals surface area contributed by atoms with E-state index in [1.807, 2.05) is 19.9 Å². The lowest BCUT2D eigenvalue weighted by molar-refractivity contribution is -0.123. The summed E-state index contributed by atoms with van der Waals surface area (Å²) in [6.45, 7) is 3.53. The van der Waals surface area contributed by atoms with Crippen molar-refractivity contribution in [1.29, 1.82) is 0 Å². The number of carbonyl (C=O) groups is 4. The first-order valence-corrected chi connectivity index (χ1v) is 10.8. The van der Waals surface area contributed by atoms with Crippen LogP contribution < -0.4 is 4.90 Å². The topological polar surface area (TPSA) is 80.8 Å². The minimum Gasteiger partial charge on any atom is -0.454 e. The number of allylic oxidation sites excluding steroid dienone is 2. The molecule has 0 unspecified atom stereocenters. The van der Waals surface area contributed by atoms with Crippen LogP contribution in [0.5, 0.6) is 0 Å². The zero-order valence-corrected chi connectivity index (χ0v) is 17.9. The molecule has 162 valence electrons. The van der Waals surface area contributed by atoms with Gasteiger partial charge in [-0.05, 0) is 73.6 Å². The van der Waals surface area contributed by atoms with E-state index in [1.54, 1.807) is 24.3 Å². The smallest absolute Gasteiger partial charge is 0.338 e. The fourth-order valence-corrected chi connectivity index (χ4v) is 5.12. The van der Waals surface area contributed by atoms with Gasteiger partial charge in [0.2, 0.25) is 11.8 Å². The molecule has 2 aromatic rings. The van der Waals surface area contributed by atoms with Crippen molar-refractivity contribution in [3.8, 4) is 0 Å². The number of nitrogens with zero attached hydrogens (tertiary/aromatic N) is 1. The van der Waals surface area contributed by atoms with Crippen molar-refractivity contribution in [3.05, 3.63) is 76.9 Å². The van der Waals surface area contributed by atoms with E-state index in [0.717, 1.165) is 17.5 Å². The van der Waals surface area contributed by atoms with Crippen molar-refractivity contribution in [3.63, 3.8) is 0 Å². The lowest BCUT2D eigenvalue weighted by Crippen LogP contribution is -2.32. The number of anilines is 1. The molecule has 2 fully saturated rings. The molecule has 2 aliphatic carbocycles. The van der Waals surface area contributed by atoms with Crippen LogP contribution in [0.2, 0.25) is 0 Å². The maximum Gasteiger partial charge on any atom is 0.338 e. The summed E-state index contributed by atoms with van der Waals surface area (Å²) >= 11 is 0. The molecule has 2 bridgehead atoms. The summed E-state index contributed by atoms with van der Waals surface area (Å²) in [4.78, 5) is 51.8. The maximum atomic E-state index is 12.9. The van der Waals surface area contributed by atoms with E-state index in [9.17, 15) is 19.2 Å². The zero-order valence-electron chi connectivity index (χ0n) is 17.9. The summed E-state index contributed by atoms with van der Waals surface area (Å²) in [7, 11) is 0. The van der Waals surface area contributed by atoms with Gasteiger partial charge in [-0.25, -0.2) is 4.79 Å². The van der Waals surface area contributed by atoms with Crippen LogP contribution in [-0.2, 0) is 14.3 Å². The van der Waals surface area contributed by atoms with Gasteiger partial charge in [0, 0.05) is 5.56 Å². The molecule has 6 nitrogen and oxygen atoms in total. The number of amides is 2. The second kappa shape index (κ2) is 7.55. The molecular formula is C26H23NO5. The molecule has 1 saturated carbocycles. The van der Waals surface area contributed by atoms with E-state index in [4.69, 9.17) is 4.74 Å². The number of ketones is 1. The normalized spacial score (nSPS) is 25.4. The standard InChI is InChI=1S/C26H23NO5/c1-14-3-4-17(11-15(14)2)21(28)13-32-26(31)16-7-9-20(10-8-16)27-24(29)22-18-5-6-19(12-18)23(22)25(27)30/h3-11,18-19,22-23H,12-13H2,1-2H3/t18-,19-,22-,23-/m0/s1. The number of ether oxygens (including phenoxy) is 1. The van der Waals surface area contributed by atoms with Crippen LogP contribution in [-0.4, -0.2) is 30.2 Å². The molecular weight excluding hydrogens is 406 g/mol. The Morgan fingerprint density at radius 2 is 1.47 bits per heavy atom. The first-order valence-electron chi connectivity index (χ1n) is 10.8. The fraction of sp³-hybridized carbons (Fsp3) is 0.308. The molecule has 3 aliphatic rings. The van der Waals surface area contributed by atoms with E-state index in [2.05, 4.69) is 12.2 Å². The minimum atomic E-state index is -0.632. The molecule has 5 rings (SSSR count). The Morgan fingerprint density at radius 3 is 2.06 bits per heavy atom. The van der Waals surface area contributed by atoms with Gasteiger partial charge in [0.1, 0.15) is 0 Å². The molecule has 0 radical (unpaired) electrons. The lowest BCUT2D eigenvalue weighted by atomic mass is 9.85. The van der Waals surface area contributed by atoms with Crippen LogP contribution in [0.3, 0.4) is 0 Å². The molecule has 0 N–H and O–H groups in total. The summed E-state index contributed by atoms with van der Waals surface area (Å²) in [6, 6.07) is 11.5. The number of hydrogen-bond donors (Lipinski definition) is 0. The average Bonchev–Trinajstić information content (AvgIpc) is 3.47. The number of rotatable bonds is 5. The number of esters is 1. The summed E-state index contributed by atoms with van der Waals surface area (Å²) in [6.07, 6.45) is 4.99. The van der Waals surface area contributed by atoms with Gasteiger partial charge < -0.3 is 4.74 Å². The molecule has 2 aromatic carbocycles. The highest BCUT2D eigenvalue weighted by atomic mass is 16.5. The first-order chi connectivity index (χ1) is 15.3. The number of carbonyl (C=O) groups excluding carboxylic acids is 4. The van der Waals surface area contributed by atoms with E-state index in [0.29, 0.717) is 11.3 Å². The third-order valence-corrected chi connectivity index (χ3v) is 6.99. The number of imide groups is 1. The second-order valence-corrected chi connectivity index (χ2v) is 8.86. The SMILES string of the molecule is Cc1ccc(C(=O)COC(=O)c2ccc(N3C(=O)[C@@H]4[C@@H](C3=O)[C@H]3C=C[C@H]4C3)cc2)cc1C. The van der Waals surface area contributed by atoms with Crippen molar-refractivity contribution in [2.45, 2.75) is 20.3 Å². The molecule has 1 heterocycles. The zero-order chi connectivity index (χ0) is 22.6. The van der Waals surface area contributed by atoms with E-state index < -0.39 is 5.97 Å². The molecule has 1 aliphatic heterocycles. The highest BCUT2D eigenvalue weighted by molar-refractivity contribution is 6.22. The van der Waals surface area contributed by atoms with Crippen molar-refractivity contribution in [2.75, 3.05) is 11.5 Å². The van der Waals surface area contributed by atoms with Gasteiger partial charge in [0.15, 0.2) is 12.4 Å². The Hall–Kier alpha value is -3.54. The highest BCUT2D eigenvalue weighted by Crippen LogP contribution is 2.53. The Kier molecular flexibility index (Phi) is 4.81. The van der Waals surface area contributed by atoms with E-state index in [1.165, 1.54) is 17.0 Å². The monoisotopic (exact) mass is 429 g/mol. The molecule has 1 saturated heterocycles. The Bertz CT molecular complexity index is 1150. The quantitative estimate of drug-likeness (QED) is 0.314. The van der Waals surface area contributed by atoms with Gasteiger partial charge in [-0.2, -0.15) is 0 Å². The Morgan fingerprint density at radius 1 is 0.875 bits per heavy atom. The third-order valence-electron chi connectivity index (χ3n) is 6.99. The molecule has 2 amide bonds. The average molecular weight is 429 g/mol. The third kappa shape index (κ3) is 3.18. The Balaban J connectivity index is 1.24. The number of fused-ring (bicyclic) bond motifs is 5. The first kappa shape index (κ1) is 20.4. The van der Waals surface area contributed by atoms with Gasteiger partial charge in [0.05, 0.1) is 23.1 Å². The number of Topliss-reactive ketones (excluding diaryl/α,β-unsaturated/α-hetero) is 1. The Labute approximate surface area is 185 Å². The number of benzene rings is 2. The highest BCUT2D eigenvalue weighted by Gasteiger charge is 2.59. The van der Waals surface area contributed by atoms with Crippen LogP contribution in [0.15, 0.2) is 54.6 Å². The van der Waals surface area contributed by atoms with Gasteiger partial charge in [-0.15, -0.1) is 0 Å². The van der Waals surface area contributed by atoms with Gasteiger partial charge in [-0.1, -0.05) is 24.3 Å². The van der Waals surface area contributed by atoms with Crippen LogP contribution >= 0.6 is 0 Å². The van der Waals surface area contributed by atoms with Crippen molar-refractivity contribution in [1.82, 2.24) is 0 Å². The largest absolute Gasteiger partial charge is 0.454 e. The second-order valence-electron chi connectivity index (χ2n) is 8.86. The number of hydrogen-bond acceptors (Lipinski definition) is 5. The van der Waals surface area contributed by atoms with Gasteiger partial charge >= 0.3 is 5.97 Å². The number of aryl methyl sites for hydroxylation is 2. The minimum absolute atomic E-state index is 0.149. The summed E-state index contributed by atoms with van der Waals surface area (Å²) in [5, 5.41) is 0. The van der Waals surface area contributed by atoms with Crippen molar-refractivity contribution in [2.24, 2.45) is 23.7 Å². The summed E-state index contributed by atoms with van der Waals surface area (Å²) in [5.74, 6) is -1.46. The molecule has 4 atom stereocenters. The van der Waals surface area contributed by atoms with Crippen molar-refractivity contribution < 1.29 is 23.9 Å². The summed E-state index contributed by atoms with van der Waals surface area (Å²) < 4.78 is 5.17. The predicted octanol–water partition coefficient (Wildman–Crippen LogP) is 3.65. The van der Waals surface area contributed by atoms with Gasteiger partial charge in [0.25, 0.3) is 0 Å². The molecule has 0 spiro atoms. The van der Waals surface area contributed by atoms with E-state index >= 15 is 0 Å². The molecule has 0 aromatic heterocycles. The van der Waals surface area contributed by atoms with Crippen LogP contribution in [0, 0.1) is 37.5 Å².